The van der Waals surface area contributed by atoms with Gasteiger partial charge in [0.2, 0.25) is 0 Å². The average Bonchev–Trinajstić information content (AvgIpc) is 3.35. The SMILES string of the molecule is CCOC(=O)CC(c1ccc(OC)c(CN2CC=C(O)OS2(=O)=O)c1)c1ccc2c(nnn2CCOCCCl)c1C. The van der Waals surface area contributed by atoms with Crippen molar-refractivity contribution in [2.75, 3.05) is 39.4 Å². The number of alkyl halides is 1. The monoisotopic (exact) mass is 608 g/mol. The lowest BCUT2D eigenvalue weighted by Crippen LogP contribution is -2.35. The molecule has 1 N–H and O–H groups in total. The molecule has 2 heterocycles. The molecule has 0 fully saturated rings. The number of aryl methyl sites for hydroxylation is 1. The number of halogens is 1. The number of fused-ring (bicyclic) bond motifs is 1. The maximum atomic E-state index is 12.8. The van der Waals surface area contributed by atoms with Crippen LogP contribution in [0.25, 0.3) is 11.0 Å². The topological polar surface area (TPSA) is 142 Å². The van der Waals surface area contributed by atoms with Crippen molar-refractivity contribution < 1.29 is 36.7 Å². The van der Waals surface area contributed by atoms with E-state index in [4.69, 9.17) is 25.8 Å². The summed E-state index contributed by atoms with van der Waals surface area (Å²) in [5.41, 5.74) is 4.56. The molecular weight excluding hydrogens is 576 g/mol. The minimum Gasteiger partial charge on any atom is -0.496 e. The van der Waals surface area contributed by atoms with Crippen molar-refractivity contribution in [1.82, 2.24) is 19.3 Å². The predicted octanol–water partition coefficient (Wildman–Crippen LogP) is 3.57. The van der Waals surface area contributed by atoms with E-state index in [1.54, 1.807) is 17.7 Å². The molecule has 0 saturated carbocycles. The molecule has 1 unspecified atom stereocenters. The number of esters is 1. The molecule has 1 aromatic heterocycles. The first-order valence-corrected chi connectivity index (χ1v) is 15.0. The third-order valence-corrected chi connectivity index (χ3v) is 8.18. The van der Waals surface area contributed by atoms with Gasteiger partial charge in [-0.3, -0.25) is 4.79 Å². The number of hydrogen-bond donors (Lipinski definition) is 1. The van der Waals surface area contributed by atoms with Crippen LogP contribution in [0.5, 0.6) is 5.75 Å². The number of methoxy groups -OCH3 is 1. The van der Waals surface area contributed by atoms with Gasteiger partial charge in [-0.05, 0) is 42.7 Å². The maximum absolute atomic E-state index is 12.8. The number of benzene rings is 2. The van der Waals surface area contributed by atoms with Gasteiger partial charge in [0.1, 0.15) is 11.3 Å². The number of nitrogens with zero attached hydrogens (tertiary/aromatic N) is 4. The normalized spacial score (nSPS) is 15.8. The van der Waals surface area contributed by atoms with Crippen molar-refractivity contribution in [3.63, 3.8) is 0 Å². The van der Waals surface area contributed by atoms with Crippen molar-refractivity contribution in [1.29, 1.82) is 0 Å². The molecule has 3 aromatic rings. The molecule has 1 atom stereocenters. The smallest absolute Gasteiger partial charge is 0.388 e. The first-order valence-electron chi connectivity index (χ1n) is 13.1. The van der Waals surface area contributed by atoms with Gasteiger partial charge in [-0.15, -0.1) is 16.7 Å². The van der Waals surface area contributed by atoms with Gasteiger partial charge in [0.15, 0.2) is 0 Å². The van der Waals surface area contributed by atoms with Crippen LogP contribution in [0.1, 0.15) is 41.5 Å². The van der Waals surface area contributed by atoms with Gasteiger partial charge in [-0.25, -0.2) is 4.68 Å². The number of aliphatic hydroxyl groups excluding tert-OH is 1. The van der Waals surface area contributed by atoms with E-state index in [2.05, 4.69) is 14.5 Å². The van der Waals surface area contributed by atoms with Crippen LogP contribution >= 0.6 is 11.6 Å². The lowest BCUT2D eigenvalue weighted by molar-refractivity contribution is -0.143. The van der Waals surface area contributed by atoms with E-state index >= 15 is 0 Å². The highest BCUT2D eigenvalue weighted by Gasteiger charge is 2.30. The zero-order valence-corrected chi connectivity index (χ0v) is 24.7. The third kappa shape index (κ3) is 7.10. The summed E-state index contributed by atoms with van der Waals surface area (Å²) in [6, 6.07) is 9.25. The second-order valence-electron chi connectivity index (χ2n) is 9.27. The standard InChI is InChI=1S/C27H33ClN4O8S/c1-4-39-26(34)16-22(21-6-7-23-27(18(21)2)29-30-32(23)12-14-38-13-10-28)19-5-8-24(37-3)20(15-19)17-31-11-9-25(33)40-41(31,35)36/h5-9,15,22,33H,4,10-14,16-17H2,1-3H3. The van der Waals surface area contributed by atoms with Gasteiger partial charge in [0, 0.05) is 36.5 Å². The maximum Gasteiger partial charge on any atom is 0.388 e. The summed E-state index contributed by atoms with van der Waals surface area (Å²) in [4.78, 5) is 12.8. The number of ether oxygens (including phenoxy) is 3. The van der Waals surface area contributed by atoms with Crippen LogP contribution in [-0.2, 0) is 41.8 Å². The Morgan fingerprint density at radius 3 is 2.76 bits per heavy atom. The summed E-state index contributed by atoms with van der Waals surface area (Å²) in [6.07, 6.45) is 1.31. The average molecular weight is 609 g/mol. The van der Waals surface area contributed by atoms with E-state index in [-0.39, 0.29) is 32.1 Å². The minimum atomic E-state index is -4.19. The van der Waals surface area contributed by atoms with Gasteiger partial charge in [-0.2, -0.15) is 12.7 Å². The van der Waals surface area contributed by atoms with Crippen LogP contribution < -0.4 is 4.74 Å². The summed E-state index contributed by atoms with van der Waals surface area (Å²) in [5.74, 6) is -0.593. The Morgan fingerprint density at radius 1 is 1.24 bits per heavy atom. The van der Waals surface area contributed by atoms with E-state index in [1.165, 1.54) is 13.2 Å². The van der Waals surface area contributed by atoms with Crippen molar-refractivity contribution >= 4 is 38.9 Å². The van der Waals surface area contributed by atoms with Gasteiger partial charge in [0.05, 0.1) is 45.4 Å². The highest BCUT2D eigenvalue weighted by Crippen LogP contribution is 2.36. The quantitative estimate of drug-likeness (QED) is 0.174. The van der Waals surface area contributed by atoms with Gasteiger partial charge >= 0.3 is 16.3 Å². The first kappa shape index (κ1) is 30.6. The Hall–Kier alpha value is -3.39. The Labute approximate surface area is 243 Å². The molecule has 12 nitrogen and oxygen atoms in total. The second-order valence-corrected chi connectivity index (χ2v) is 11.2. The van der Waals surface area contributed by atoms with Crippen LogP contribution in [0, 0.1) is 6.92 Å². The van der Waals surface area contributed by atoms with Crippen LogP contribution in [0.3, 0.4) is 0 Å². The molecule has 1 aliphatic heterocycles. The Morgan fingerprint density at radius 2 is 2.05 bits per heavy atom. The zero-order chi connectivity index (χ0) is 29.6. The lowest BCUT2D eigenvalue weighted by Gasteiger charge is -2.25. The molecule has 41 heavy (non-hydrogen) atoms. The molecule has 0 aliphatic carbocycles. The fraction of sp³-hybridized carbons (Fsp3) is 0.444. The molecular formula is C27H33ClN4O8S. The summed E-state index contributed by atoms with van der Waals surface area (Å²) in [7, 11) is -2.70. The number of hydrogen-bond acceptors (Lipinski definition) is 10. The minimum absolute atomic E-state index is 0.0497. The molecule has 1 aliphatic rings. The van der Waals surface area contributed by atoms with Gasteiger partial charge in [-0.1, -0.05) is 23.4 Å². The van der Waals surface area contributed by atoms with Crippen LogP contribution in [0.15, 0.2) is 42.4 Å². The summed E-state index contributed by atoms with van der Waals surface area (Å²) >= 11 is 5.68. The predicted molar refractivity (Wildman–Crippen MR) is 151 cm³/mol. The molecule has 0 amide bonds. The van der Waals surface area contributed by atoms with Crippen molar-refractivity contribution in [3.8, 4) is 5.75 Å². The van der Waals surface area contributed by atoms with E-state index in [0.29, 0.717) is 42.5 Å². The van der Waals surface area contributed by atoms with Crippen molar-refractivity contribution in [2.45, 2.75) is 39.3 Å². The lowest BCUT2D eigenvalue weighted by atomic mass is 9.84. The van der Waals surface area contributed by atoms with E-state index < -0.39 is 22.2 Å². The van der Waals surface area contributed by atoms with Crippen LogP contribution in [0.2, 0.25) is 0 Å². The third-order valence-electron chi connectivity index (χ3n) is 6.73. The summed E-state index contributed by atoms with van der Waals surface area (Å²) in [5, 5.41) is 18.2. The van der Waals surface area contributed by atoms with Crippen LogP contribution in [0.4, 0.5) is 0 Å². The number of rotatable bonds is 13. The molecule has 0 radical (unpaired) electrons. The van der Waals surface area contributed by atoms with Gasteiger partial charge in [0.25, 0.3) is 5.95 Å². The molecule has 0 spiro atoms. The Kier molecular flexibility index (Phi) is 10.1. The first-order chi connectivity index (χ1) is 19.7. The van der Waals surface area contributed by atoms with E-state index in [1.807, 2.05) is 31.2 Å². The van der Waals surface area contributed by atoms with Crippen molar-refractivity contribution in [3.05, 3.63) is 64.6 Å². The van der Waals surface area contributed by atoms with Crippen LogP contribution in [-0.4, -0.2) is 78.1 Å². The molecule has 4 rings (SSSR count). The van der Waals surface area contributed by atoms with E-state index in [9.17, 15) is 18.3 Å². The second kappa shape index (κ2) is 13.5. The molecule has 222 valence electrons. The highest BCUT2D eigenvalue weighted by atomic mass is 35.5. The number of aromatic nitrogens is 3. The number of aliphatic hydroxyl groups is 1. The number of carbonyl (C=O) groups excluding carboxylic acids is 1. The molecule has 0 saturated heterocycles. The number of carbonyl (C=O) groups is 1. The Balaban J connectivity index is 1.72. The van der Waals surface area contributed by atoms with E-state index in [0.717, 1.165) is 26.5 Å². The zero-order valence-electron chi connectivity index (χ0n) is 23.1. The molecule has 0 bridgehead atoms. The molecule has 14 heteroatoms. The highest BCUT2D eigenvalue weighted by molar-refractivity contribution is 7.84. The summed E-state index contributed by atoms with van der Waals surface area (Å²) < 4.78 is 48.7. The summed E-state index contributed by atoms with van der Waals surface area (Å²) in [6.45, 7) is 5.18. The molecule has 2 aromatic carbocycles. The van der Waals surface area contributed by atoms with Crippen molar-refractivity contribution in [2.24, 2.45) is 0 Å². The largest absolute Gasteiger partial charge is 0.496 e. The Bertz CT molecular complexity index is 1520. The van der Waals surface area contributed by atoms with Gasteiger partial charge < -0.3 is 23.5 Å². The fourth-order valence-electron chi connectivity index (χ4n) is 4.77. The fourth-order valence-corrected chi connectivity index (χ4v) is 5.82.